The lowest BCUT2D eigenvalue weighted by atomic mass is 10.4. The monoisotopic (exact) mass is 202 g/mol. The number of hydrogen-bond acceptors (Lipinski definition) is 3. The van der Waals surface area contributed by atoms with E-state index in [1.165, 1.54) is 24.6 Å². The average molecular weight is 202 g/mol. The summed E-state index contributed by atoms with van der Waals surface area (Å²) < 4.78 is 28.2. The fourth-order valence-corrected chi connectivity index (χ4v) is 1.32. The van der Waals surface area contributed by atoms with E-state index in [4.69, 9.17) is 0 Å². The van der Waals surface area contributed by atoms with Crippen molar-refractivity contribution in [2.75, 3.05) is 12.0 Å². The molecule has 13 heavy (non-hydrogen) atoms. The molecule has 1 aromatic heterocycles. The quantitative estimate of drug-likeness (QED) is 0.735. The van der Waals surface area contributed by atoms with Crippen LogP contribution in [-0.4, -0.2) is 21.2 Å². The second-order valence-electron chi connectivity index (χ2n) is 2.65. The minimum atomic E-state index is -2.32. The summed E-state index contributed by atoms with van der Waals surface area (Å²) in [6, 6.07) is 2.72. The van der Waals surface area contributed by atoms with Gasteiger partial charge in [-0.3, -0.25) is 0 Å². The van der Waals surface area contributed by atoms with Crippen LogP contribution in [0.4, 0.5) is 10.2 Å². The Morgan fingerprint density at radius 2 is 2.38 bits per heavy atom. The maximum Gasteiger partial charge on any atom is 0.197 e. The molecule has 0 saturated heterocycles. The minimum absolute atomic E-state index is 0.0724. The van der Waals surface area contributed by atoms with Gasteiger partial charge in [0, 0.05) is 18.2 Å². The molecular formula is C8H11FN2OS. The van der Waals surface area contributed by atoms with Crippen LogP contribution in [-0.2, 0) is 9.73 Å². The van der Waals surface area contributed by atoms with Crippen LogP contribution in [0.25, 0.3) is 0 Å². The molecular weight excluding hydrogens is 191 g/mol. The number of nitrogens with zero attached hydrogens (tertiary/aromatic N) is 2. The Kier molecular flexibility index (Phi) is 2.98. The highest BCUT2D eigenvalue weighted by molar-refractivity contribution is 7.93. The van der Waals surface area contributed by atoms with Crippen molar-refractivity contribution in [2.24, 2.45) is 4.36 Å². The SMILES string of the molecule is CC[S@](C)(=O)=Nc1ncccc1F. The van der Waals surface area contributed by atoms with E-state index in [0.29, 0.717) is 5.75 Å². The highest BCUT2D eigenvalue weighted by Gasteiger charge is 2.03. The summed E-state index contributed by atoms with van der Waals surface area (Å²) in [5.41, 5.74) is 0. The van der Waals surface area contributed by atoms with Crippen LogP contribution < -0.4 is 0 Å². The Labute approximate surface area is 77.2 Å². The van der Waals surface area contributed by atoms with E-state index in [-0.39, 0.29) is 5.82 Å². The molecule has 0 aliphatic carbocycles. The summed E-state index contributed by atoms with van der Waals surface area (Å²) in [6.07, 6.45) is 2.91. The Hall–Kier alpha value is -0.970. The van der Waals surface area contributed by atoms with E-state index in [1.807, 2.05) is 0 Å². The Morgan fingerprint density at radius 3 is 2.92 bits per heavy atom. The van der Waals surface area contributed by atoms with Gasteiger partial charge in [0.25, 0.3) is 0 Å². The van der Waals surface area contributed by atoms with Gasteiger partial charge in [-0.2, -0.15) is 4.36 Å². The predicted octanol–water partition coefficient (Wildman–Crippen LogP) is 1.97. The highest BCUT2D eigenvalue weighted by atomic mass is 32.2. The van der Waals surface area contributed by atoms with Crippen LogP contribution in [0.5, 0.6) is 0 Å². The molecule has 0 bridgehead atoms. The fourth-order valence-electron chi connectivity index (χ4n) is 0.692. The first-order chi connectivity index (χ1) is 6.05. The molecule has 0 radical (unpaired) electrons. The first-order valence-electron chi connectivity index (χ1n) is 3.85. The van der Waals surface area contributed by atoms with Crippen molar-refractivity contribution in [3.8, 4) is 0 Å². The van der Waals surface area contributed by atoms with Crippen LogP contribution in [0.3, 0.4) is 0 Å². The van der Waals surface area contributed by atoms with Gasteiger partial charge in [-0.15, -0.1) is 0 Å². The second-order valence-corrected chi connectivity index (χ2v) is 5.33. The molecule has 0 spiro atoms. The zero-order valence-corrected chi connectivity index (χ0v) is 8.34. The lowest BCUT2D eigenvalue weighted by molar-refractivity contribution is 0.623. The summed E-state index contributed by atoms with van der Waals surface area (Å²) in [7, 11) is -2.32. The zero-order chi connectivity index (χ0) is 9.90. The highest BCUT2D eigenvalue weighted by Crippen LogP contribution is 2.14. The van der Waals surface area contributed by atoms with Crippen LogP contribution in [0, 0.1) is 5.82 Å². The molecule has 1 aromatic rings. The van der Waals surface area contributed by atoms with Crippen molar-refractivity contribution in [3.63, 3.8) is 0 Å². The van der Waals surface area contributed by atoms with E-state index in [9.17, 15) is 8.60 Å². The Morgan fingerprint density at radius 1 is 1.69 bits per heavy atom. The molecule has 1 atom stereocenters. The van der Waals surface area contributed by atoms with Gasteiger partial charge in [0.05, 0.1) is 9.73 Å². The van der Waals surface area contributed by atoms with Crippen molar-refractivity contribution in [1.82, 2.24) is 4.98 Å². The molecule has 0 saturated carbocycles. The molecule has 0 unspecified atom stereocenters. The molecule has 0 N–H and O–H groups in total. The first kappa shape index (κ1) is 10.1. The summed E-state index contributed by atoms with van der Waals surface area (Å²) in [6.45, 7) is 1.74. The smallest absolute Gasteiger partial charge is 0.197 e. The fraction of sp³-hybridized carbons (Fsp3) is 0.375. The number of aromatic nitrogens is 1. The summed E-state index contributed by atoms with van der Waals surface area (Å²) in [5.74, 6) is -0.217. The average Bonchev–Trinajstić information content (AvgIpc) is 2.09. The van der Waals surface area contributed by atoms with E-state index < -0.39 is 15.5 Å². The lowest BCUT2D eigenvalue weighted by Gasteiger charge is -1.99. The van der Waals surface area contributed by atoms with Gasteiger partial charge in [-0.05, 0) is 12.1 Å². The van der Waals surface area contributed by atoms with E-state index in [0.717, 1.165) is 0 Å². The molecule has 1 heterocycles. The van der Waals surface area contributed by atoms with E-state index >= 15 is 0 Å². The van der Waals surface area contributed by atoms with Gasteiger partial charge in [-0.25, -0.2) is 13.6 Å². The van der Waals surface area contributed by atoms with Gasteiger partial charge < -0.3 is 0 Å². The third-order valence-corrected chi connectivity index (χ3v) is 3.18. The molecule has 5 heteroatoms. The topological polar surface area (TPSA) is 42.3 Å². The second kappa shape index (κ2) is 3.83. The summed E-state index contributed by atoms with van der Waals surface area (Å²) in [4.78, 5) is 3.69. The zero-order valence-electron chi connectivity index (χ0n) is 7.53. The van der Waals surface area contributed by atoms with Crippen LogP contribution >= 0.6 is 0 Å². The van der Waals surface area contributed by atoms with Crippen molar-refractivity contribution in [2.45, 2.75) is 6.92 Å². The van der Waals surface area contributed by atoms with E-state index in [1.54, 1.807) is 6.92 Å². The van der Waals surface area contributed by atoms with Crippen LogP contribution in [0.1, 0.15) is 6.92 Å². The van der Waals surface area contributed by atoms with Crippen molar-refractivity contribution in [1.29, 1.82) is 0 Å². The Balaban J connectivity index is 3.19. The molecule has 0 aliphatic heterocycles. The number of halogens is 1. The van der Waals surface area contributed by atoms with Gasteiger partial charge in [0.1, 0.15) is 0 Å². The molecule has 72 valence electrons. The Bertz CT molecular complexity index is 410. The number of hydrogen-bond donors (Lipinski definition) is 0. The molecule has 0 aromatic carbocycles. The molecule has 0 amide bonds. The third kappa shape index (κ3) is 2.77. The number of rotatable bonds is 2. The van der Waals surface area contributed by atoms with Gasteiger partial charge in [-0.1, -0.05) is 6.92 Å². The predicted molar refractivity (Wildman–Crippen MR) is 50.9 cm³/mol. The normalized spacial score (nSPS) is 15.0. The van der Waals surface area contributed by atoms with Crippen LogP contribution in [0.15, 0.2) is 22.7 Å². The van der Waals surface area contributed by atoms with E-state index in [2.05, 4.69) is 9.35 Å². The third-order valence-electron chi connectivity index (χ3n) is 1.55. The van der Waals surface area contributed by atoms with Crippen LogP contribution in [0.2, 0.25) is 0 Å². The van der Waals surface area contributed by atoms with Crippen molar-refractivity contribution in [3.05, 3.63) is 24.1 Å². The first-order valence-corrected chi connectivity index (χ1v) is 5.95. The minimum Gasteiger partial charge on any atom is -0.250 e. The molecule has 3 nitrogen and oxygen atoms in total. The number of pyridine rings is 1. The molecule has 1 rings (SSSR count). The molecule has 0 fully saturated rings. The summed E-state index contributed by atoms with van der Waals surface area (Å²) >= 11 is 0. The van der Waals surface area contributed by atoms with Gasteiger partial charge >= 0.3 is 0 Å². The largest absolute Gasteiger partial charge is 0.250 e. The van der Waals surface area contributed by atoms with Crippen molar-refractivity contribution >= 4 is 15.5 Å². The lowest BCUT2D eigenvalue weighted by Crippen LogP contribution is -1.98. The van der Waals surface area contributed by atoms with Crippen molar-refractivity contribution < 1.29 is 8.60 Å². The standard InChI is InChI=1S/C8H11FN2OS/c1-3-13(2,12)11-8-7(9)5-4-6-10-8/h4-6H,3H2,1-2H3/t13-/m0/s1. The maximum atomic E-state index is 13.0. The molecule has 0 aliphatic rings. The maximum absolute atomic E-state index is 13.0. The van der Waals surface area contributed by atoms with Gasteiger partial charge in [0.15, 0.2) is 11.6 Å². The summed E-state index contributed by atoms with van der Waals surface area (Å²) in [5, 5.41) is 0. The van der Waals surface area contributed by atoms with Gasteiger partial charge in [0.2, 0.25) is 0 Å².